The molecule has 1 heterocycles. The summed E-state index contributed by atoms with van der Waals surface area (Å²) in [6.45, 7) is 1.99. The molecule has 0 amide bonds. The summed E-state index contributed by atoms with van der Waals surface area (Å²) < 4.78 is 7.09. The summed E-state index contributed by atoms with van der Waals surface area (Å²) in [5.74, 6) is 1.55. The van der Waals surface area contributed by atoms with Crippen LogP contribution in [0.4, 0.5) is 5.69 Å². The quantitative estimate of drug-likeness (QED) is 0.815. The van der Waals surface area contributed by atoms with Crippen molar-refractivity contribution in [1.29, 1.82) is 0 Å². The Morgan fingerprint density at radius 3 is 2.80 bits per heavy atom. The Labute approximate surface area is 123 Å². The van der Waals surface area contributed by atoms with E-state index in [1.54, 1.807) is 13.4 Å². The fraction of sp³-hybridized carbons (Fsp3) is 0.308. The van der Waals surface area contributed by atoms with Gasteiger partial charge in [-0.25, -0.2) is 0 Å². The molecule has 7 heteroatoms. The van der Waals surface area contributed by atoms with Gasteiger partial charge in [0, 0.05) is 24.4 Å². The van der Waals surface area contributed by atoms with Crippen LogP contribution in [-0.4, -0.2) is 26.9 Å². The molecule has 0 saturated carbocycles. The second-order valence-corrected chi connectivity index (χ2v) is 4.88. The summed E-state index contributed by atoms with van der Waals surface area (Å²) in [4.78, 5) is 0.334. The van der Waals surface area contributed by atoms with Crippen molar-refractivity contribution in [3.63, 3.8) is 0 Å². The zero-order valence-corrected chi connectivity index (χ0v) is 12.4. The molecule has 2 aromatic rings. The fourth-order valence-corrected chi connectivity index (χ4v) is 2.14. The number of aromatic nitrogens is 3. The van der Waals surface area contributed by atoms with Crippen molar-refractivity contribution in [3.05, 3.63) is 35.9 Å². The maximum atomic E-state index is 5.75. The van der Waals surface area contributed by atoms with Gasteiger partial charge >= 0.3 is 0 Å². The number of rotatable bonds is 5. The number of benzene rings is 1. The highest BCUT2D eigenvalue weighted by Gasteiger charge is 2.14. The summed E-state index contributed by atoms with van der Waals surface area (Å²) in [6, 6.07) is 5.49. The monoisotopic (exact) mass is 291 g/mol. The number of nitrogens with two attached hydrogens (primary N) is 1. The number of hydrogen-bond donors (Lipinski definition) is 2. The standard InChI is InChI=1S/C13H17N5OS/c1-8(13-17-15-7-18(13)2)16-11-6-9(19-3)4-5-10(11)12(14)20/h4-8,16H,1-3H3,(H2,14,20). The van der Waals surface area contributed by atoms with Crippen LogP contribution in [-0.2, 0) is 7.05 Å². The highest BCUT2D eigenvalue weighted by molar-refractivity contribution is 7.80. The number of hydrogen-bond acceptors (Lipinski definition) is 5. The summed E-state index contributed by atoms with van der Waals surface area (Å²) in [7, 11) is 3.51. The van der Waals surface area contributed by atoms with Crippen LogP contribution in [0.5, 0.6) is 5.75 Å². The number of aryl methyl sites for hydroxylation is 1. The third kappa shape index (κ3) is 2.88. The van der Waals surface area contributed by atoms with E-state index in [1.165, 1.54) is 0 Å². The van der Waals surface area contributed by atoms with Crippen molar-refractivity contribution in [1.82, 2.24) is 14.8 Å². The lowest BCUT2D eigenvalue weighted by Gasteiger charge is -2.17. The van der Waals surface area contributed by atoms with Gasteiger partial charge in [0.2, 0.25) is 0 Å². The van der Waals surface area contributed by atoms with Gasteiger partial charge < -0.3 is 20.4 Å². The first-order valence-corrected chi connectivity index (χ1v) is 6.52. The smallest absolute Gasteiger partial charge is 0.154 e. The first-order valence-electron chi connectivity index (χ1n) is 6.11. The average Bonchev–Trinajstić information content (AvgIpc) is 2.84. The molecule has 2 rings (SSSR count). The molecule has 3 N–H and O–H groups in total. The molecule has 6 nitrogen and oxygen atoms in total. The molecule has 1 unspecified atom stereocenters. The van der Waals surface area contributed by atoms with Gasteiger partial charge in [-0.1, -0.05) is 12.2 Å². The molecule has 0 aliphatic rings. The van der Waals surface area contributed by atoms with Gasteiger partial charge in [0.25, 0.3) is 0 Å². The molecule has 0 fully saturated rings. The van der Waals surface area contributed by atoms with Gasteiger partial charge in [-0.3, -0.25) is 0 Å². The Morgan fingerprint density at radius 2 is 2.25 bits per heavy atom. The van der Waals surface area contributed by atoms with E-state index in [1.807, 2.05) is 36.7 Å². The highest BCUT2D eigenvalue weighted by Crippen LogP contribution is 2.26. The minimum absolute atomic E-state index is 0.0392. The van der Waals surface area contributed by atoms with E-state index in [0.717, 1.165) is 22.8 Å². The average molecular weight is 291 g/mol. The minimum Gasteiger partial charge on any atom is -0.497 e. The topological polar surface area (TPSA) is 78.0 Å². The van der Waals surface area contributed by atoms with Crippen molar-refractivity contribution in [3.8, 4) is 5.75 Å². The largest absolute Gasteiger partial charge is 0.497 e. The summed E-state index contributed by atoms with van der Waals surface area (Å²) >= 11 is 5.07. The third-order valence-electron chi connectivity index (χ3n) is 3.00. The molecule has 0 spiro atoms. The van der Waals surface area contributed by atoms with Crippen LogP contribution in [0.3, 0.4) is 0 Å². The van der Waals surface area contributed by atoms with Gasteiger partial charge in [-0.2, -0.15) is 0 Å². The first-order chi connectivity index (χ1) is 9.52. The first kappa shape index (κ1) is 14.3. The molecule has 1 aromatic heterocycles. The number of methoxy groups -OCH3 is 1. The Hall–Kier alpha value is -2.15. The maximum absolute atomic E-state index is 5.75. The van der Waals surface area contributed by atoms with Crippen LogP contribution in [0.15, 0.2) is 24.5 Å². The van der Waals surface area contributed by atoms with E-state index in [9.17, 15) is 0 Å². The molecule has 0 aliphatic heterocycles. The van der Waals surface area contributed by atoms with Crippen LogP contribution < -0.4 is 15.8 Å². The molecule has 0 bridgehead atoms. The van der Waals surface area contributed by atoms with E-state index in [-0.39, 0.29) is 6.04 Å². The number of nitrogens with one attached hydrogen (secondary N) is 1. The molecule has 106 valence electrons. The van der Waals surface area contributed by atoms with E-state index in [2.05, 4.69) is 15.5 Å². The van der Waals surface area contributed by atoms with E-state index < -0.39 is 0 Å². The van der Waals surface area contributed by atoms with E-state index >= 15 is 0 Å². The highest BCUT2D eigenvalue weighted by atomic mass is 32.1. The molecule has 1 atom stereocenters. The van der Waals surface area contributed by atoms with Crippen molar-refractivity contribution < 1.29 is 4.74 Å². The van der Waals surface area contributed by atoms with Gasteiger partial charge in [0.15, 0.2) is 5.82 Å². The Balaban J connectivity index is 2.32. The Morgan fingerprint density at radius 1 is 1.50 bits per heavy atom. The van der Waals surface area contributed by atoms with E-state index in [4.69, 9.17) is 22.7 Å². The predicted octanol–water partition coefficient (Wildman–Crippen LogP) is 1.63. The zero-order valence-electron chi connectivity index (χ0n) is 11.6. The lowest BCUT2D eigenvalue weighted by atomic mass is 10.1. The zero-order chi connectivity index (χ0) is 14.7. The van der Waals surface area contributed by atoms with Crippen molar-refractivity contribution in [2.45, 2.75) is 13.0 Å². The van der Waals surface area contributed by atoms with Crippen LogP contribution in [0.1, 0.15) is 24.4 Å². The fourth-order valence-electron chi connectivity index (χ4n) is 1.97. The number of ether oxygens (including phenoxy) is 1. The van der Waals surface area contributed by atoms with Crippen molar-refractivity contribution in [2.24, 2.45) is 12.8 Å². The summed E-state index contributed by atoms with van der Waals surface area (Å²) in [5.41, 5.74) is 7.33. The molecule has 1 aromatic carbocycles. The van der Waals surface area contributed by atoms with Gasteiger partial charge in [-0.05, 0) is 19.1 Å². The molecular weight excluding hydrogens is 274 g/mol. The minimum atomic E-state index is -0.0392. The number of anilines is 1. The molecule has 0 radical (unpaired) electrons. The lowest BCUT2D eigenvalue weighted by Crippen LogP contribution is -2.17. The van der Waals surface area contributed by atoms with Crippen LogP contribution in [0, 0.1) is 0 Å². The van der Waals surface area contributed by atoms with Crippen molar-refractivity contribution in [2.75, 3.05) is 12.4 Å². The Bertz CT molecular complexity index is 625. The van der Waals surface area contributed by atoms with Crippen LogP contribution in [0.2, 0.25) is 0 Å². The summed E-state index contributed by atoms with van der Waals surface area (Å²) in [5, 5.41) is 11.3. The third-order valence-corrected chi connectivity index (χ3v) is 3.22. The maximum Gasteiger partial charge on any atom is 0.154 e. The Kier molecular flexibility index (Phi) is 4.19. The van der Waals surface area contributed by atoms with Gasteiger partial charge in [0.1, 0.15) is 17.1 Å². The summed E-state index contributed by atoms with van der Waals surface area (Å²) in [6.07, 6.45) is 1.66. The van der Waals surface area contributed by atoms with Crippen LogP contribution in [0.25, 0.3) is 0 Å². The predicted molar refractivity (Wildman–Crippen MR) is 81.9 cm³/mol. The van der Waals surface area contributed by atoms with Crippen molar-refractivity contribution >= 4 is 22.9 Å². The number of thiocarbonyl (C=S) groups is 1. The normalized spacial score (nSPS) is 11.9. The molecular formula is C13H17N5OS. The van der Waals surface area contributed by atoms with Gasteiger partial charge in [0.05, 0.1) is 13.2 Å². The SMILES string of the molecule is COc1ccc(C(N)=S)c(NC(C)c2nncn2C)c1. The van der Waals surface area contributed by atoms with Crippen LogP contribution >= 0.6 is 12.2 Å². The second-order valence-electron chi connectivity index (χ2n) is 4.44. The van der Waals surface area contributed by atoms with E-state index in [0.29, 0.717) is 4.99 Å². The lowest BCUT2D eigenvalue weighted by molar-refractivity contribution is 0.415. The van der Waals surface area contributed by atoms with Gasteiger partial charge in [-0.15, -0.1) is 10.2 Å². The molecule has 20 heavy (non-hydrogen) atoms. The second kappa shape index (κ2) is 5.87. The number of nitrogens with zero attached hydrogens (tertiary/aromatic N) is 3. The molecule has 0 saturated heterocycles. The molecule has 0 aliphatic carbocycles.